The van der Waals surface area contributed by atoms with E-state index in [1.54, 1.807) is 153 Å². The molecule has 502 valence electrons. The lowest BCUT2D eigenvalue weighted by molar-refractivity contribution is -0.117. The average molecular weight is 1320 g/mol. The van der Waals surface area contributed by atoms with Gasteiger partial charge in [-0.15, -0.1) is 13.2 Å². The van der Waals surface area contributed by atoms with Crippen LogP contribution < -0.4 is 5.32 Å². The largest absolute Gasteiger partial charge is 0.508 e. The molecule has 0 unspecified atom stereocenters. The zero-order chi connectivity index (χ0) is 71.5. The molecule has 0 radical (unpaired) electrons. The molecule has 0 saturated carbocycles. The van der Waals surface area contributed by atoms with Crippen LogP contribution in [-0.4, -0.2) is 101 Å². The van der Waals surface area contributed by atoms with Gasteiger partial charge in [0.05, 0.1) is 41.6 Å². The topological polar surface area (TPSA) is 253 Å². The van der Waals surface area contributed by atoms with Crippen molar-refractivity contribution >= 4 is 58.0 Å². The van der Waals surface area contributed by atoms with Crippen LogP contribution in [0.5, 0.6) is 46.0 Å². The third-order valence-corrected chi connectivity index (χ3v) is 14.3. The predicted octanol–water partition coefficient (Wildman–Crippen LogP) is 17.6. The second-order valence-corrected chi connectivity index (χ2v) is 21.9. The Kier molecular flexibility index (Phi) is 30.2. The Labute approximate surface area is 579 Å². The van der Waals surface area contributed by atoms with E-state index in [1.165, 1.54) is 0 Å². The number of carbonyl (C=O) groups excluding carboxylic acids is 1. The number of benzene rings is 10. The van der Waals surface area contributed by atoms with Crippen LogP contribution in [0.1, 0.15) is 82.8 Å². The van der Waals surface area contributed by atoms with Crippen molar-refractivity contribution in [1.82, 2.24) is 5.32 Å². The Hall–Kier alpha value is -12.9. The highest BCUT2D eigenvalue weighted by Crippen LogP contribution is 2.25. The predicted molar refractivity (Wildman–Crippen MR) is 406 cm³/mol. The van der Waals surface area contributed by atoms with E-state index in [0.29, 0.717) is 38.2 Å². The van der Waals surface area contributed by atoms with Gasteiger partial charge in [-0.3, -0.25) is 24.8 Å². The molecule has 10 aromatic carbocycles. The first kappa shape index (κ1) is 75.2. The molecule has 0 aliphatic heterocycles. The number of rotatable bonds is 21. The number of aliphatic imine (C=N–C) groups is 5. The molecule has 0 saturated heterocycles. The molecule has 10 rings (SSSR count). The lowest BCUT2D eigenvalue weighted by atomic mass is 10.0. The summed E-state index contributed by atoms with van der Waals surface area (Å²) in [6.45, 7) is 26.1. The van der Waals surface area contributed by atoms with E-state index in [2.05, 4.69) is 58.2 Å². The molecule has 10 aromatic rings. The lowest BCUT2D eigenvalue weighted by Crippen LogP contribution is -2.25. The third-order valence-electron chi connectivity index (χ3n) is 14.3. The van der Waals surface area contributed by atoms with E-state index in [4.69, 9.17) is 10.1 Å². The standard InChI is InChI=1S/C21H17NO2.C20H22N2O3.C16H15NO2.C16H15NO.C11H13NO/c1-2-15-3-9-18(10-4-15)22-21(16-5-11-19(23)12-6-16)17-7-13-20(24)14-8-17;1-14(2)20(25)22-13-3-12-21-19(15-4-8-17(23)9-5-15)16-6-10-18(24)11-7-16;1-2-11-17-16(12-3-7-14(18)8-4-12)13-5-9-15(19)10-6-13;1-3-13-4-8-15(9-5-13)17-12(2)14-6-10-16(18)11-7-14;1-3-8-12-9(2)10-4-6-11(13)7-5-10/h2-14,23-24H,1H2;4-11,23-24H,1,3,12-13H2,2H3,(H,22,25);2-10,18-19H,1,11H2;3-11,18H,1H2,2H3;3-7,13H,1,8H2,2H3. The van der Waals surface area contributed by atoms with E-state index in [-0.39, 0.29) is 51.9 Å². The second-order valence-electron chi connectivity index (χ2n) is 21.9. The molecular weight excluding hydrogens is 1240 g/mol. The molecule has 9 N–H and O–H groups in total. The molecule has 0 heterocycles. The summed E-state index contributed by atoms with van der Waals surface area (Å²) in [7, 11) is 0. The summed E-state index contributed by atoms with van der Waals surface area (Å²) >= 11 is 0. The van der Waals surface area contributed by atoms with E-state index in [9.17, 15) is 40.5 Å². The molecule has 0 aliphatic rings. The molecule has 0 aromatic heterocycles. The molecule has 15 heteroatoms. The maximum absolute atomic E-state index is 11.5. The van der Waals surface area contributed by atoms with Gasteiger partial charge in [0.1, 0.15) is 46.0 Å². The minimum atomic E-state index is -0.152. The Bertz CT molecular complexity index is 4250. The zero-order valence-corrected chi connectivity index (χ0v) is 55.7. The summed E-state index contributed by atoms with van der Waals surface area (Å²) in [4.78, 5) is 34.1. The summed E-state index contributed by atoms with van der Waals surface area (Å²) in [5.74, 6) is 1.63. The highest BCUT2D eigenvalue weighted by molar-refractivity contribution is 6.15. The highest BCUT2D eigenvalue weighted by atomic mass is 16.3. The van der Waals surface area contributed by atoms with Crippen molar-refractivity contribution in [3.05, 3.63) is 349 Å². The van der Waals surface area contributed by atoms with Gasteiger partial charge >= 0.3 is 0 Å². The monoisotopic (exact) mass is 1320 g/mol. The number of aromatic hydroxyl groups is 8. The lowest BCUT2D eigenvalue weighted by Gasteiger charge is -2.09. The molecule has 0 spiro atoms. The summed E-state index contributed by atoms with van der Waals surface area (Å²) < 4.78 is 0. The number of nitrogens with one attached hydrogen (secondary N) is 1. The van der Waals surface area contributed by atoms with Crippen molar-refractivity contribution in [2.75, 3.05) is 26.2 Å². The third kappa shape index (κ3) is 25.8. The smallest absolute Gasteiger partial charge is 0.246 e. The Balaban J connectivity index is 0.000000198. The first-order valence-electron chi connectivity index (χ1n) is 31.5. The fourth-order valence-corrected chi connectivity index (χ4v) is 8.94. The van der Waals surface area contributed by atoms with Crippen LogP contribution in [0.3, 0.4) is 0 Å². The molecule has 0 aliphatic carbocycles. The van der Waals surface area contributed by atoms with Crippen LogP contribution in [0, 0.1) is 0 Å². The Morgan fingerprint density at radius 1 is 0.343 bits per heavy atom. The van der Waals surface area contributed by atoms with Crippen molar-refractivity contribution in [2.45, 2.75) is 27.2 Å². The SMILES string of the molecule is C=C(C)C(=O)NCCCN=C(c1ccc(O)cc1)c1ccc(O)cc1.C=CCN=C(C)c1ccc(O)cc1.C=CCN=C(c1ccc(O)cc1)c1ccc(O)cc1.C=Cc1ccc(N=C(C)c2ccc(O)cc2)cc1.C=Cc1ccc(N=C(c2ccc(O)cc2)c2ccc(O)cc2)cc1. The van der Waals surface area contributed by atoms with Gasteiger partial charge in [0.25, 0.3) is 0 Å². The Morgan fingerprint density at radius 3 is 0.919 bits per heavy atom. The van der Waals surface area contributed by atoms with Gasteiger partial charge in [-0.1, -0.05) is 68.3 Å². The highest BCUT2D eigenvalue weighted by Gasteiger charge is 2.12. The maximum Gasteiger partial charge on any atom is 0.246 e. The minimum Gasteiger partial charge on any atom is -0.508 e. The molecule has 99 heavy (non-hydrogen) atoms. The number of hydrogen-bond donors (Lipinski definition) is 9. The number of phenolic OH excluding ortho intramolecular Hbond substituents is 8. The van der Waals surface area contributed by atoms with E-state index in [0.717, 1.165) is 95.6 Å². The van der Waals surface area contributed by atoms with Crippen LogP contribution in [0.2, 0.25) is 0 Å². The number of hydrogen-bond acceptors (Lipinski definition) is 14. The van der Waals surface area contributed by atoms with Gasteiger partial charge in [0, 0.05) is 63.5 Å². The van der Waals surface area contributed by atoms with E-state index >= 15 is 0 Å². The van der Waals surface area contributed by atoms with Crippen molar-refractivity contribution in [2.24, 2.45) is 25.0 Å². The number of amides is 1. The zero-order valence-electron chi connectivity index (χ0n) is 55.7. The van der Waals surface area contributed by atoms with Crippen LogP contribution in [0.25, 0.3) is 12.2 Å². The van der Waals surface area contributed by atoms with Gasteiger partial charge in [-0.05, 0) is 268 Å². The molecule has 0 bridgehead atoms. The molecule has 0 atom stereocenters. The van der Waals surface area contributed by atoms with Crippen LogP contribution in [0.15, 0.2) is 318 Å². The normalized spacial score (nSPS) is 10.5. The van der Waals surface area contributed by atoms with Crippen molar-refractivity contribution < 1.29 is 45.6 Å². The molecule has 1 amide bonds. The van der Waals surface area contributed by atoms with E-state index in [1.807, 2.05) is 135 Å². The van der Waals surface area contributed by atoms with Gasteiger partial charge < -0.3 is 46.2 Å². The first-order chi connectivity index (χ1) is 47.7. The fourth-order valence-electron chi connectivity index (χ4n) is 8.94. The number of nitrogens with zero attached hydrogens (tertiary/aromatic N) is 5. The van der Waals surface area contributed by atoms with Gasteiger partial charge in [-0.25, -0.2) is 4.99 Å². The van der Waals surface area contributed by atoms with Crippen LogP contribution >= 0.6 is 0 Å². The Morgan fingerprint density at radius 2 is 0.616 bits per heavy atom. The number of phenols is 8. The van der Waals surface area contributed by atoms with Gasteiger partial charge in [0.2, 0.25) is 5.91 Å². The van der Waals surface area contributed by atoms with Crippen molar-refractivity contribution in [1.29, 1.82) is 0 Å². The average Bonchev–Trinajstić information content (AvgIpc) is 0.864. The second kappa shape index (κ2) is 39.7. The molecular formula is C84H82N6O9. The first-order valence-corrected chi connectivity index (χ1v) is 31.5. The quantitative estimate of drug-likeness (QED) is 0.0143. The summed E-state index contributed by atoms with van der Waals surface area (Å²) in [5.41, 5.74) is 15.9. The number of carbonyl (C=O) groups is 1. The molecule has 0 fully saturated rings. The van der Waals surface area contributed by atoms with E-state index < -0.39 is 0 Å². The summed E-state index contributed by atoms with van der Waals surface area (Å²) in [6.07, 6.45) is 7.76. The van der Waals surface area contributed by atoms with Gasteiger partial charge in [-0.2, -0.15) is 0 Å². The summed E-state index contributed by atoms with van der Waals surface area (Å²) in [5, 5.41) is 77.7. The van der Waals surface area contributed by atoms with Crippen LogP contribution in [-0.2, 0) is 4.79 Å². The maximum atomic E-state index is 11.5. The molecule has 15 nitrogen and oxygen atoms in total. The van der Waals surface area contributed by atoms with Crippen molar-refractivity contribution in [3.63, 3.8) is 0 Å². The van der Waals surface area contributed by atoms with Gasteiger partial charge in [0.15, 0.2) is 0 Å². The fraction of sp³-hybridized carbons (Fsp3) is 0.0952. The van der Waals surface area contributed by atoms with Crippen molar-refractivity contribution in [3.8, 4) is 46.0 Å². The minimum absolute atomic E-state index is 0.152. The summed E-state index contributed by atoms with van der Waals surface area (Å²) in [6, 6.07) is 70.8. The van der Waals surface area contributed by atoms with Crippen LogP contribution in [0.4, 0.5) is 11.4 Å².